The molecule has 0 bridgehead atoms. The van der Waals surface area contributed by atoms with Gasteiger partial charge in [0.2, 0.25) is 0 Å². The molecule has 2 aromatic carbocycles. The minimum atomic E-state index is -0.361. The molecule has 3 nitrogen and oxygen atoms in total. The van der Waals surface area contributed by atoms with Gasteiger partial charge in [-0.3, -0.25) is 0 Å². The van der Waals surface area contributed by atoms with Crippen molar-refractivity contribution in [1.29, 1.82) is 0 Å². The zero-order valence-electron chi connectivity index (χ0n) is 9.10. The molecule has 0 saturated carbocycles. The van der Waals surface area contributed by atoms with Crippen LogP contribution in [0.5, 0.6) is 0 Å². The van der Waals surface area contributed by atoms with E-state index in [-0.39, 0.29) is 5.82 Å². The lowest BCUT2D eigenvalue weighted by atomic mass is 10.2. The summed E-state index contributed by atoms with van der Waals surface area (Å²) in [6, 6.07) is 15.6. The van der Waals surface area contributed by atoms with Crippen molar-refractivity contribution in [2.45, 2.75) is 0 Å². The van der Waals surface area contributed by atoms with E-state index in [0.717, 1.165) is 0 Å². The van der Waals surface area contributed by atoms with E-state index in [0.29, 0.717) is 17.1 Å². The second-order valence-electron chi connectivity index (χ2n) is 3.42. The van der Waals surface area contributed by atoms with E-state index < -0.39 is 0 Å². The summed E-state index contributed by atoms with van der Waals surface area (Å²) in [6.07, 6.45) is 0. The summed E-state index contributed by atoms with van der Waals surface area (Å²) < 4.78 is 13.6. The van der Waals surface area contributed by atoms with E-state index in [1.807, 2.05) is 30.3 Å². The van der Waals surface area contributed by atoms with Gasteiger partial charge < -0.3 is 5.43 Å². The predicted octanol–water partition coefficient (Wildman–Crippen LogP) is 2.37. The third-order valence-corrected chi connectivity index (χ3v) is 2.26. The fraction of sp³-hybridized carbons (Fsp3) is 0. The van der Waals surface area contributed by atoms with Crippen molar-refractivity contribution in [1.82, 2.24) is 5.43 Å². The van der Waals surface area contributed by atoms with Crippen LogP contribution >= 0.6 is 0 Å². The number of nitrogens with zero attached hydrogens (tertiary/aromatic N) is 1. The topological polar surface area (TPSA) is 50.4 Å². The second-order valence-corrected chi connectivity index (χ2v) is 3.42. The summed E-state index contributed by atoms with van der Waals surface area (Å²) in [6.45, 7) is 0. The summed E-state index contributed by atoms with van der Waals surface area (Å²) in [7, 11) is 0. The van der Waals surface area contributed by atoms with E-state index in [1.54, 1.807) is 18.2 Å². The van der Waals surface area contributed by atoms with Crippen molar-refractivity contribution in [2.24, 2.45) is 10.8 Å². The standard InChI is InChI=1S/C13H12FN3/c14-12-9-5-4-8-11(12)13(17-15)16-10-6-2-1-3-7-10/h1-9H,15H2,(H,16,17). The molecule has 2 aromatic rings. The second kappa shape index (κ2) is 5.23. The molecule has 0 aliphatic heterocycles. The molecular formula is C13H12FN3. The van der Waals surface area contributed by atoms with E-state index in [2.05, 4.69) is 10.4 Å². The Bertz CT molecular complexity index is 523. The largest absolute Gasteiger partial charge is 0.308 e. The number of halogens is 1. The summed E-state index contributed by atoms with van der Waals surface area (Å²) in [5, 5.41) is 0. The Kier molecular flexibility index (Phi) is 3.47. The van der Waals surface area contributed by atoms with Gasteiger partial charge in [0.15, 0.2) is 5.84 Å². The lowest BCUT2D eigenvalue weighted by Crippen LogP contribution is -2.31. The Morgan fingerprint density at radius 2 is 1.65 bits per heavy atom. The number of para-hydroxylation sites is 1. The first-order chi connectivity index (χ1) is 8.31. The highest BCUT2D eigenvalue weighted by Gasteiger charge is 2.07. The molecule has 0 heterocycles. The van der Waals surface area contributed by atoms with Gasteiger partial charge in [-0.25, -0.2) is 15.2 Å². The van der Waals surface area contributed by atoms with Gasteiger partial charge in [0.25, 0.3) is 0 Å². The lowest BCUT2D eigenvalue weighted by molar-refractivity contribution is 0.624. The summed E-state index contributed by atoms with van der Waals surface area (Å²) in [5.41, 5.74) is 3.48. The Morgan fingerprint density at radius 3 is 2.29 bits per heavy atom. The summed E-state index contributed by atoms with van der Waals surface area (Å²) >= 11 is 0. The van der Waals surface area contributed by atoms with Crippen LogP contribution in [0.1, 0.15) is 5.56 Å². The molecule has 0 fully saturated rings. The average molecular weight is 229 g/mol. The van der Waals surface area contributed by atoms with Crippen molar-refractivity contribution in [3.05, 3.63) is 66.0 Å². The number of hydrazine groups is 1. The zero-order valence-corrected chi connectivity index (χ0v) is 9.10. The molecule has 86 valence electrons. The Balaban J connectivity index is 2.41. The molecule has 0 spiro atoms. The first-order valence-corrected chi connectivity index (χ1v) is 5.16. The van der Waals surface area contributed by atoms with Gasteiger partial charge in [-0.2, -0.15) is 0 Å². The van der Waals surface area contributed by atoms with Crippen LogP contribution in [0.3, 0.4) is 0 Å². The number of hydrogen-bond donors (Lipinski definition) is 2. The van der Waals surface area contributed by atoms with Gasteiger partial charge in [-0.1, -0.05) is 30.3 Å². The number of nitrogens with one attached hydrogen (secondary N) is 1. The SMILES string of the molecule is NNC(=Nc1ccccc1)c1ccccc1F. The predicted molar refractivity (Wildman–Crippen MR) is 66.4 cm³/mol. The maximum Gasteiger partial charge on any atom is 0.150 e. The van der Waals surface area contributed by atoms with Gasteiger partial charge in [0, 0.05) is 0 Å². The van der Waals surface area contributed by atoms with Crippen LogP contribution in [0.2, 0.25) is 0 Å². The highest BCUT2D eigenvalue weighted by molar-refractivity contribution is 6.00. The molecule has 0 saturated heterocycles. The van der Waals surface area contributed by atoms with E-state index in [1.165, 1.54) is 6.07 Å². The average Bonchev–Trinajstić information content (AvgIpc) is 2.38. The normalized spacial score (nSPS) is 11.3. The molecule has 0 unspecified atom stereocenters. The van der Waals surface area contributed by atoms with Gasteiger partial charge in [0.1, 0.15) is 5.82 Å². The van der Waals surface area contributed by atoms with Crippen LogP contribution in [0.25, 0.3) is 0 Å². The number of aliphatic imine (C=N–C) groups is 1. The van der Waals surface area contributed by atoms with E-state index >= 15 is 0 Å². The fourth-order valence-electron chi connectivity index (χ4n) is 1.46. The van der Waals surface area contributed by atoms with Gasteiger partial charge in [-0.15, -0.1) is 0 Å². The highest BCUT2D eigenvalue weighted by atomic mass is 19.1. The molecule has 0 atom stereocenters. The first kappa shape index (κ1) is 11.3. The monoisotopic (exact) mass is 229 g/mol. The lowest BCUT2D eigenvalue weighted by Gasteiger charge is -2.06. The minimum Gasteiger partial charge on any atom is -0.308 e. The number of rotatable bonds is 2. The Morgan fingerprint density at radius 1 is 1.00 bits per heavy atom. The van der Waals surface area contributed by atoms with E-state index in [9.17, 15) is 4.39 Å². The third-order valence-electron chi connectivity index (χ3n) is 2.26. The molecule has 0 aromatic heterocycles. The molecule has 0 aliphatic rings. The maximum atomic E-state index is 13.6. The molecule has 17 heavy (non-hydrogen) atoms. The molecule has 0 amide bonds. The van der Waals surface area contributed by atoms with E-state index in [4.69, 9.17) is 5.84 Å². The van der Waals surface area contributed by atoms with Crippen LogP contribution in [0.15, 0.2) is 59.6 Å². The van der Waals surface area contributed by atoms with Crippen LogP contribution in [-0.2, 0) is 0 Å². The third kappa shape index (κ3) is 2.68. The summed E-state index contributed by atoms with van der Waals surface area (Å²) in [4.78, 5) is 4.25. The Labute approximate surface area is 98.8 Å². The van der Waals surface area contributed by atoms with Gasteiger partial charge in [0.05, 0.1) is 11.3 Å². The zero-order chi connectivity index (χ0) is 12.1. The van der Waals surface area contributed by atoms with Crippen LogP contribution in [0, 0.1) is 5.82 Å². The fourth-order valence-corrected chi connectivity index (χ4v) is 1.46. The van der Waals surface area contributed by atoms with Crippen molar-refractivity contribution >= 4 is 11.5 Å². The molecular weight excluding hydrogens is 217 g/mol. The maximum absolute atomic E-state index is 13.6. The van der Waals surface area contributed by atoms with Crippen molar-refractivity contribution in [3.63, 3.8) is 0 Å². The number of nitrogens with two attached hydrogens (primary N) is 1. The molecule has 2 rings (SSSR count). The smallest absolute Gasteiger partial charge is 0.150 e. The van der Waals surface area contributed by atoms with Crippen molar-refractivity contribution in [2.75, 3.05) is 0 Å². The van der Waals surface area contributed by atoms with Crippen LogP contribution in [-0.4, -0.2) is 5.84 Å². The molecule has 0 radical (unpaired) electrons. The number of benzene rings is 2. The number of hydrogen-bond acceptors (Lipinski definition) is 2. The molecule has 4 heteroatoms. The minimum absolute atomic E-state index is 0.300. The summed E-state index contributed by atoms with van der Waals surface area (Å²) in [5.74, 6) is 5.31. The molecule has 3 N–H and O–H groups in total. The van der Waals surface area contributed by atoms with Crippen LogP contribution in [0.4, 0.5) is 10.1 Å². The molecule has 0 aliphatic carbocycles. The van der Waals surface area contributed by atoms with Gasteiger partial charge >= 0.3 is 0 Å². The van der Waals surface area contributed by atoms with Crippen molar-refractivity contribution < 1.29 is 4.39 Å². The van der Waals surface area contributed by atoms with Gasteiger partial charge in [-0.05, 0) is 24.3 Å². The Hall–Kier alpha value is -2.20. The highest BCUT2D eigenvalue weighted by Crippen LogP contribution is 2.13. The van der Waals surface area contributed by atoms with Crippen molar-refractivity contribution in [3.8, 4) is 0 Å². The van der Waals surface area contributed by atoms with Crippen LogP contribution < -0.4 is 11.3 Å². The number of amidine groups is 1. The first-order valence-electron chi connectivity index (χ1n) is 5.16. The quantitative estimate of drug-likeness (QED) is 0.359.